The first-order chi connectivity index (χ1) is 5.38. The first-order valence-electron chi connectivity index (χ1n) is 3.84. The molecule has 2 rings (SSSR count). The monoisotopic (exact) mass is 267 g/mol. The lowest BCUT2D eigenvalue weighted by Gasteiger charge is -2.07. The number of hydrogen-bond donors (Lipinski definition) is 1. The molecule has 2 heterocycles. The number of nitrogens with one attached hydrogen (secondary N) is 1. The van der Waals surface area contributed by atoms with Gasteiger partial charge in [0, 0.05) is 15.4 Å². The molecular formula is C8H11BrClNS. The molecule has 68 valence electrons. The zero-order chi connectivity index (χ0) is 7.68. The third-order valence-electron chi connectivity index (χ3n) is 2.02. The molecule has 4 heteroatoms. The summed E-state index contributed by atoms with van der Waals surface area (Å²) in [5.41, 5.74) is 0. The Kier molecular flexibility index (Phi) is 4.03. The fourth-order valence-electron chi connectivity index (χ4n) is 1.46. The van der Waals surface area contributed by atoms with Crippen molar-refractivity contribution in [3.8, 4) is 0 Å². The number of thiophene rings is 1. The summed E-state index contributed by atoms with van der Waals surface area (Å²) in [4.78, 5) is 1.46. The van der Waals surface area contributed by atoms with Crippen LogP contribution in [-0.2, 0) is 0 Å². The Morgan fingerprint density at radius 3 is 2.92 bits per heavy atom. The van der Waals surface area contributed by atoms with Crippen molar-refractivity contribution in [2.24, 2.45) is 0 Å². The molecular weight excluding hydrogens is 258 g/mol. The molecule has 0 aromatic carbocycles. The van der Waals surface area contributed by atoms with Crippen molar-refractivity contribution in [2.75, 3.05) is 6.54 Å². The van der Waals surface area contributed by atoms with E-state index in [0.29, 0.717) is 6.04 Å². The average Bonchev–Trinajstić information content (AvgIpc) is 2.55. The second-order valence-corrected chi connectivity index (χ2v) is 4.58. The minimum absolute atomic E-state index is 0. The Balaban J connectivity index is 0.000000720. The number of hydrogen-bond acceptors (Lipinski definition) is 2. The lowest BCUT2D eigenvalue weighted by molar-refractivity contribution is 0.657. The molecule has 1 aromatic rings. The molecule has 1 aliphatic heterocycles. The zero-order valence-corrected chi connectivity index (χ0v) is 9.77. The van der Waals surface area contributed by atoms with E-state index in [-0.39, 0.29) is 12.4 Å². The standard InChI is InChI=1S/C8H10BrNS.ClH/c9-6-3-5-11-8(6)7-2-1-4-10-7;/h3,5,7,10H,1-2,4H2;1H/t7-;/m0./s1. The van der Waals surface area contributed by atoms with Crippen LogP contribution < -0.4 is 5.32 Å². The molecule has 1 atom stereocenters. The largest absolute Gasteiger partial charge is 0.309 e. The van der Waals surface area contributed by atoms with Gasteiger partial charge in [-0.15, -0.1) is 23.7 Å². The van der Waals surface area contributed by atoms with Gasteiger partial charge in [0.1, 0.15) is 0 Å². The van der Waals surface area contributed by atoms with E-state index < -0.39 is 0 Å². The van der Waals surface area contributed by atoms with Gasteiger partial charge in [-0.2, -0.15) is 0 Å². The summed E-state index contributed by atoms with van der Waals surface area (Å²) in [5, 5.41) is 5.62. The first kappa shape index (κ1) is 10.5. The fraction of sp³-hybridized carbons (Fsp3) is 0.500. The summed E-state index contributed by atoms with van der Waals surface area (Å²) < 4.78 is 1.27. The highest BCUT2D eigenvalue weighted by Crippen LogP contribution is 2.33. The maximum atomic E-state index is 3.55. The van der Waals surface area contributed by atoms with Gasteiger partial charge in [-0.05, 0) is 46.8 Å². The van der Waals surface area contributed by atoms with Gasteiger partial charge in [-0.1, -0.05) is 0 Å². The molecule has 1 fully saturated rings. The van der Waals surface area contributed by atoms with Crippen LogP contribution in [0.2, 0.25) is 0 Å². The van der Waals surface area contributed by atoms with E-state index in [4.69, 9.17) is 0 Å². The van der Waals surface area contributed by atoms with E-state index in [1.54, 1.807) is 0 Å². The van der Waals surface area contributed by atoms with Crippen molar-refractivity contribution in [3.05, 3.63) is 20.8 Å². The van der Waals surface area contributed by atoms with Gasteiger partial charge in [0.2, 0.25) is 0 Å². The van der Waals surface area contributed by atoms with Crippen molar-refractivity contribution >= 4 is 39.7 Å². The van der Waals surface area contributed by atoms with Crippen LogP contribution in [0.15, 0.2) is 15.9 Å². The van der Waals surface area contributed by atoms with Crippen LogP contribution in [0.5, 0.6) is 0 Å². The second kappa shape index (κ2) is 4.61. The van der Waals surface area contributed by atoms with Gasteiger partial charge >= 0.3 is 0 Å². The minimum atomic E-state index is 0. The quantitative estimate of drug-likeness (QED) is 0.823. The minimum Gasteiger partial charge on any atom is -0.309 e. The van der Waals surface area contributed by atoms with Gasteiger partial charge in [0.25, 0.3) is 0 Å². The van der Waals surface area contributed by atoms with Crippen LogP contribution in [0.4, 0.5) is 0 Å². The first-order valence-corrected chi connectivity index (χ1v) is 5.51. The molecule has 1 saturated heterocycles. The molecule has 0 spiro atoms. The van der Waals surface area contributed by atoms with Crippen LogP contribution in [-0.4, -0.2) is 6.54 Å². The molecule has 1 aliphatic rings. The zero-order valence-electron chi connectivity index (χ0n) is 6.55. The summed E-state index contributed by atoms with van der Waals surface area (Å²) in [6.07, 6.45) is 2.61. The highest BCUT2D eigenvalue weighted by molar-refractivity contribution is 9.10. The van der Waals surface area contributed by atoms with Crippen molar-refractivity contribution < 1.29 is 0 Å². The van der Waals surface area contributed by atoms with E-state index in [0.717, 1.165) is 0 Å². The molecule has 0 unspecified atom stereocenters. The summed E-state index contributed by atoms with van der Waals surface area (Å²) >= 11 is 5.38. The SMILES string of the molecule is Brc1ccsc1[C@@H]1CCCN1.Cl. The van der Waals surface area contributed by atoms with Crippen LogP contribution in [0, 0.1) is 0 Å². The third-order valence-corrected chi connectivity index (χ3v) is 4.01. The second-order valence-electron chi connectivity index (χ2n) is 2.78. The summed E-state index contributed by atoms with van der Waals surface area (Å²) in [5.74, 6) is 0. The van der Waals surface area contributed by atoms with E-state index in [9.17, 15) is 0 Å². The fourth-order valence-corrected chi connectivity index (χ4v) is 3.22. The average molecular weight is 269 g/mol. The van der Waals surface area contributed by atoms with Crippen molar-refractivity contribution in [2.45, 2.75) is 18.9 Å². The van der Waals surface area contributed by atoms with Crippen molar-refractivity contribution in [1.29, 1.82) is 0 Å². The molecule has 0 amide bonds. The highest BCUT2D eigenvalue weighted by Gasteiger charge is 2.18. The summed E-state index contributed by atoms with van der Waals surface area (Å²) in [6.45, 7) is 1.18. The van der Waals surface area contributed by atoms with E-state index in [1.807, 2.05) is 11.3 Å². The van der Waals surface area contributed by atoms with Crippen LogP contribution in [0.3, 0.4) is 0 Å². The summed E-state index contributed by atoms with van der Waals surface area (Å²) in [7, 11) is 0. The maximum Gasteiger partial charge on any atom is 0.0426 e. The smallest absolute Gasteiger partial charge is 0.0426 e. The Bertz CT molecular complexity index is 245. The normalized spacial score (nSPS) is 22.2. The van der Waals surface area contributed by atoms with Crippen LogP contribution >= 0.6 is 39.7 Å². The molecule has 0 bridgehead atoms. The molecule has 1 N–H and O–H groups in total. The lowest BCUT2D eigenvalue weighted by Crippen LogP contribution is -2.11. The molecule has 1 aromatic heterocycles. The Morgan fingerprint density at radius 2 is 2.42 bits per heavy atom. The predicted molar refractivity (Wildman–Crippen MR) is 59.2 cm³/mol. The van der Waals surface area contributed by atoms with Crippen LogP contribution in [0.1, 0.15) is 23.8 Å². The molecule has 0 radical (unpaired) electrons. The van der Waals surface area contributed by atoms with Gasteiger partial charge in [-0.25, -0.2) is 0 Å². The summed E-state index contributed by atoms with van der Waals surface area (Å²) in [6, 6.07) is 2.74. The highest BCUT2D eigenvalue weighted by atomic mass is 79.9. The van der Waals surface area contributed by atoms with Gasteiger partial charge < -0.3 is 5.32 Å². The van der Waals surface area contributed by atoms with E-state index >= 15 is 0 Å². The predicted octanol–water partition coefficient (Wildman–Crippen LogP) is 3.36. The van der Waals surface area contributed by atoms with Crippen LogP contribution in [0.25, 0.3) is 0 Å². The molecule has 0 saturated carbocycles. The van der Waals surface area contributed by atoms with E-state index in [1.165, 1.54) is 28.7 Å². The van der Waals surface area contributed by atoms with Crippen molar-refractivity contribution in [3.63, 3.8) is 0 Å². The topological polar surface area (TPSA) is 12.0 Å². The number of rotatable bonds is 1. The molecule has 12 heavy (non-hydrogen) atoms. The van der Waals surface area contributed by atoms with E-state index in [2.05, 4.69) is 32.7 Å². The Labute approximate surface area is 91.1 Å². The number of halogens is 2. The third kappa shape index (κ3) is 2.02. The van der Waals surface area contributed by atoms with Gasteiger partial charge in [0.15, 0.2) is 0 Å². The Hall–Kier alpha value is 0.430. The molecule has 0 aliphatic carbocycles. The van der Waals surface area contributed by atoms with Crippen molar-refractivity contribution in [1.82, 2.24) is 5.32 Å². The maximum absolute atomic E-state index is 3.55. The molecule has 1 nitrogen and oxygen atoms in total. The lowest BCUT2D eigenvalue weighted by atomic mass is 10.2. The van der Waals surface area contributed by atoms with Gasteiger partial charge in [-0.3, -0.25) is 0 Å². The Morgan fingerprint density at radius 1 is 1.58 bits per heavy atom. The van der Waals surface area contributed by atoms with Gasteiger partial charge in [0.05, 0.1) is 0 Å².